The normalized spacial score (nSPS) is 15.7. The molecule has 2 rings (SSSR count). The molecule has 6 nitrogen and oxygen atoms in total. The molecule has 0 aliphatic heterocycles. The van der Waals surface area contributed by atoms with Crippen LogP contribution >= 0.6 is 0 Å². The zero-order valence-electron chi connectivity index (χ0n) is 14.7. The van der Waals surface area contributed by atoms with E-state index in [0.717, 1.165) is 24.3 Å². The van der Waals surface area contributed by atoms with Gasteiger partial charge in [0.1, 0.15) is 0 Å². The van der Waals surface area contributed by atoms with Gasteiger partial charge in [0.25, 0.3) is 0 Å². The van der Waals surface area contributed by atoms with E-state index in [1.807, 2.05) is 12.4 Å². The lowest BCUT2D eigenvalue weighted by atomic mass is 9.86. The SMILES string of the molecule is Cc1ccc(S(=O)(=O)ONC(=O)OCCCCC2CCCCC2)cc1. The van der Waals surface area contributed by atoms with Gasteiger partial charge in [0.05, 0.1) is 11.5 Å². The van der Waals surface area contributed by atoms with Crippen LogP contribution in [0.15, 0.2) is 29.2 Å². The highest BCUT2D eigenvalue weighted by Crippen LogP contribution is 2.27. The van der Waals surface area contributed by atoms with Gasteiger partial charge in [0.2, 0.25) is 0 Å². The Bertz CT molecular complexity index is 636. The molecule has 1 aliphatic rings. The van der Waals surface area contributed by atoms with Crippen molar-refractivity contribution in [3.8, 4) is 0 Å². The van der Waals surface area contributed by atoms with Crippen LogP contribution in [0.3, 0.4) is 0 Å². The van der Waals surface area contributed by atoms with E-state index in [1.165, 1.54) is 50.7 Å². The topological polar surface area (TPSA) is 81.7 Å². The van der Waals surface area contributed by atoms with Crippen LogP contribution in [0.2, 0.25) is 0 Å². The van der Waals surface area contributed by atoms with Crippen molar-refractivity contribution in [1.82, 2.24) is 5.48 Å². The van der Waals surface area contributed by atoms with E-state index in [1.54, 1.807) is 12.1 Å². The first-order valence-electron chi connectivity index (χ1n) is 8.90. The number of hydrogen-bond donors (Lipinski definition) is 1. The molecule has 25 heavy (non-hydrogen) atoms. The maximum Gasteiger partial charge on any atom is 0.432 e. The molecule has 0 aromatic heterocycles. The highest BCUT2D eigenvalue weighted by molar-refractivity contribution is 7.86. The Morgan fingerprint density at radius 2 is 1.80 bits per heavy atom. The molecule has 0 unspecified atom stereocenters. The van der Waals surface area contributed by atoms with E-state index in [4.69, 9.17) is 4.74 Å². The lowest BCUT2D eigenvalue weighted by Gasteiger charge is -2.21. The van der Waals surface area contributed by atoms with Crippen LogP contribution in [0.25, 0.3) is 0 Å². The Morgan fingerprint density at radius 1 is 1.12 bits per heavy atom. The van der Waals surface area contributed by atoms with Crippen molar-refractivity contribution in [2.75, 3.05) is 6.61 Å². The molecule has 0 saturated heterocycles. The molecule has 1 aromatic carbocycles. The first-order valence-corrected chi connectivity index (χ1v) is 10.3. The second-order valence-electron chi connectivity index (χ2n) is 6.59. The van der Waals surface area contributed by atoms with Crippen LogP contribution in [0, 0.1) is 12.8 Å². The third kappa shape index (κ3) is 7.04. The first kappa shape index (κ1) is 19.7. The number of aryl methyl sites for hydroxylation is 1. The standard InChI is InChI=1S/C18H27NO5S/c1-15-10-12-17(13-11-15)25(21,22)24-19-18(20)23-14-6-5-9-16-7-3-2-4-8-16/h10-13,16H,2-9,14H2,1H3,(H,19,20). The van der Waals surface area contributed by atoms with E-state index >= 15 is 0 Å². The average Bonchev–Trinajstić information content (AvgIpc) is 2.61. The third-order valence-corrected chi connectivity index (χ3v) is 5.66. The van der Waals surface area contributed by atoms with Gasteiger partial charge in [-0.2, -0.15) is 13.9 Å². The Balaban J connectivity index is 1.60. The monoisotopic (exact) mass is 369 g/mol. The summed E-state index contributed by atoms with van der Waals surface area (Å²) in [5.41, 5.74) is 2.76. The molecule has 1 aliphatic carbocycles. The zero-order valence-corrected chi connectivity index (χ0v) is 15.5. The predicted molar refractivity (Wildman–Crippen MR) is 94.4 cm³/mol. The fourth-order valence-electron chi connectivity index (χ4n) is 3.05. The summed E-state index contributed by atoms with van der Waals surface area (Å²) in [6, 6.07) is 6.15. The van der Waals surface area contributed by atoms with Crippen LogP contribution in [-0.4, -0.2) is 21.1 Å². The molecule has 0 heterocycles. The summed E-state index contributed by atoms with van der Waals surface area (Å²) < 4.78 is 33.3. The number of hydroxylamine groups is 1. The maximum atomic E-state index is 11.9. The number of hydrogen-bond acceptors (Lipinski definition) is 5. The number of benzene rings is 1. The van der Waals surface area contributed by atoms with Crippen molar-refractivity contribution in [3.63, 3.8) is 0 Å². The highest BCUT2D eigenvalue weighted by Gasteiger charge is 2.17. The molecule has 7 heteroatoms. The van der Waals surface area contributed by atoms with Crippen molar-refractivity contribution in [1.29, 1.82) is 0 Å². The lowest BCUT2D eigenvalue weighted by Crippen LogP contribution is -2.28. The summed E-state index contributed by atoms with van der Waals surface area (Å²) in [5, 5.41) is 0. The number of unbranched alkanes of at least 4 members (excludes halogenated alkanes) is 1. The minimum absolute atomic E-state index is 0.0223. The first-order chi connectivity index (χ1) is 12.0. The number of carbonyl (C=O) groups is 1. The Labute approximate surface area is 150 Å². The summed E-state index contributed by atoms with van der Waals surface area (Å²) in [6.45, 7) is 2.10. The van der Waals surface area contributed by atoms with Crippen LogP contribution < -0.4 is 5.48 Å². The molecule has 1 saturated carbocycles. The third-order valence-electron chi connectivity index (χ3n) is 4.51. The Hall–Kier alpha value is -1.60. The highest BCUT2D eigenvalue weighted by atomic mass is 32.2. The van der Waals surface area contributed by atoms with Gasteiger partial charge < -0.3 is 4.74 Å². The second-order valence-corrected chi connectivity index (χ2v) is 8.13. The van der Waals surface area contributed by atoms with Crippen molar-refractivity contribution >= 4 is 16.2 Å². The van der Waals surface area contributed by atoms with E-state index in [-0.39, 0.29) is 11.5 Å². The molecule has 140 valence electrons. The lowest BCUT2D eigenvalue weighted by molar-refractivity contribution is 0.100. The second kappa shape index (κ2) is 9.77. The summed E-state index contributed by atoms with van der Waals surface area (Å²) in [4.78, 5) is 11.5. The summed E-state index contributed by atoms with van der Waals surface area (Å²) in [5.74, 6) is 0.811. The van der Waals surface area contributed by atoms with Crippen molar-refractivity contribution in [2.24, 2.45) is 5.92 Å². The maximum absolute atomic E-state index is 11.9. The smallest absolute Gasteiger partial charge is 0.432 e. The summed E-state index contributed by atoms with van der Waals surface area (Å²) >= 11 is 0. The molecule has 1 amide bonds. The Morgan fingerprint density at radius 3 is 2.48 bits per heavy atom. The van der Waals surface area contributed by atoms with E-state index in [0.29, 0.717) is 0 Å². The Kier molecular flexibility index (Phi) is 7.71. The van der Waals surface area contributed by atoms with E-state index in [9.17, 15) is 13.2 Å². The van der Waals surface area contributed by atoms with Gasteiger partial charge in [-0.25, -0.2) is 4.79 Å². The molecular weight excluding hydrogens is 342 g/mol. The molecule has 0 spiro atoms. The van der Waals surface area contributed by atoms with Crippen LogP contribution in [0.1, 0.15) is 56.9 Å². The number of ether oxygens (including phenoxy) is 1. The quantitative estimate of drug-likeness (QED) is 0.551. The predicted octanol–water partition coefficient (Wildman–Crippen LogP) is 4.09. The zero-order chi connectivity index (χ0) is 18.1. The van der Waals surface area contributed by atoms with E-state index in [2.05, 4.69) is 4.28 Å². The van der Waals surface area contributed by atoms with Gasteiger partial charge in [0, 0.05) is 0 Å². The molecule has 0 atom stereocenters. The fourth-order valence-corrected chi connectivity index (χ4v) is 3.79. The summed E-state index contributed by atoms with van der Waals surface area (Å²) in [6.07, 6.45) is 8.70. The van der Waals surface area contributed by atoms with Gasteiger partial charge >= 0.3 is 16.2 Å². The van der Waals surface area contributed by atoms with Gasteiger partial charge in [-0.1, -0.05) is 56.2 Å². The average molecular weight is 369 g/mol. The minimum Gasteiger partial charge on any atom is -0.448 e. The molecular formula is C18H27NO5S. The minimum atomic E-state index is -4.03. The van der Waals surface area contributed by atoms with Gasteiger partial charge in [0.15, 0.2) is 0 Å². The largest absolute Gasteiger partial charge is 0.448 e. The van der Waals surface area contributed by atoms with Gasteiger partial charge in [-0.15, -0.1) is 4.28 Å². The van der Waals surface area contributed by atoms with Crippen molar-refractivity contribution in [3.05, 3.63) is 29.8 Å². The van der Waals surface area contributed by atoms with Crippen LogP contribution in [0.5, 0.6) is 0 Å². The van der Waals surface area contributed by atoms with Crippen molar-refractivity contribution < 1.29 is 22.2 Å². The van der Waals surface area contributed by atoms with Crippen LogP contribution in [-0.2, 0) is 19.1 Å². The van der Waals surface area contributed by atoms with Crippen molar-refractivity contribution in [2.45, 2.75) is 63.2 Å². The fraction of sp³-hybridized carbons (Fsp3) is 0.611. The number of carbonyl (C=O) groups excluding carboxylic acids is 1. The summed E-state index contributed by atoms with van der Waals surface area (Å²) in [7, 11) is -4.03. The van der Waals surface area contributed by atoms with E-state index < -0.39 is 16.2 Å². The number of amides is 1. The number of rotatable bonds is 8. The van der Waals surface area contributed by atoms with Crippen LogP contribution in [0.4, 0.5) is 4.79 Å². The molecule has 0 radical (unpaired) electrons. The molecule has 1 N–H and O–H groups in total. The number of nitrogens with one attached hydrogen (secondary N) is 1. The molecule has 0 bridgehead atoms. The van der Waals surface area contributed by atoms with Gasteiger partial charge in [-0.05, 0) is 37.8 Å². The molecule has 1 aromatic rings. The molecule has 1 fully saturated rings. The van der Waals surface area contributed by atoms with Gasteiger partial charge in [-0.3, -0.25) is 0 Å².